The van der Waals surface area contributed by atoms with Crippen LogP contribution in [-0.4, -0.2) is 17.9 Å². The van der Waals surface area contributed by atoms with E-state index in [1.807, 2.05) is 0 Å². The van der Waals surface area contributed by atoms with E-state index in [2.05, 4.69) is 6.92 Å². The van der Waals surface area contributed by atoms with E-state index in [9.17, 15) is 14.9 Å². The molecule has 0 N–H and O–H groups in total. The maximum Gasteiger partial charge on any atom is 0.272 e. The van der Waals surface area contributed by atoms with Crippen molar-refractivity contribution in [3.8, 4) is 0 Å². The van der Waals surface area contributed by atoms with Crippen molar-refractivity contribution < 1.29 is 9.72 Å². The van der Waals surface area contributed by atoms with E-state index in [1.54, 1.807) is 24.8 Å². The summed E-state index contributed by atoms with van der Waals surface area (Å²) < 4.78 is 0. The topological polar surface area (TPSA) is 63.5 Å². The lowest BCUT2D eigenvalue weighted by Crippen LogP contribution is -2.23. The number of hydrogen-bond donors (Lipinski definition) is 0. The number of amides is 1. The first-order valence-corrected chi connectivity index (χ1v) is 6.48. The van der Waals surface area contributed by atoms with Crippen LogP contribution in [0.3, 0.4) is 0 Å². The third-order valence-electron chi connectivity index (χ3n) is 3.15. The van der Waals surface area contributed by atoms with Crippen LogP contribution in [-0.2, 0) is 4.79 Å². The molecule has 104 valence electrons. The predicted molar refractivity (Wildman–Crippen MR) is 75.5 cm³/mol. The number of carbonyl (C=O) groups is 1. The molecule has 5 nitrogen and oxygen atoms in total. The van der Waals surface area contributed by atoms with Crippen molar-refractivity contribution in [2.75, 3.05) is 11.4 Å². The number of nitro benzene ring substituents is 1. The first-order valence-electron chi connectivity index (χ1n) is 6.48. The average Bonchev–Trinajstić information content (AvgIpc) is 2.37. The first-order chi connectivity index (χ1) is 9.01. The Hall–Kier alpha value is -1.91. The van der Waals surface area contributed by atoms with Gasteiger partial charge in [-0.25, -0.2) is 0 Å². The molecule has 1 amide bonds. The van der Waals surface area contributed by atoms with Gasteiger partial charge >= 0.3 is 0 Å². The van der Waals surface area contributed by atoms with Crippen molar-refractivity contribution in [2.45, 2.75) is 40.0 Å². The van der Waals surface area contributed by atoms with Gasteiger partial charge in [0.05, 0.1) is 4.92 Å². The second kappa shape index (κ2) is 6.87. The number of carbonyl (C=O) groups excluding carboxylic acids is 1. The molecule has 1 aromatic carbocycles. The van der Waals surface area contributed by atoms with Crippen LogP contribution in [0.4, 0.5) is 11.4 Å². The fraction of sp³-hybridized carbons (Fsp3) is 0.500. The molecule has 19 heavy (non-hydrogen) atoms. The van der Waals surface area contributed by atoms with Crippen molar-refractivity contribution >= 4 is 17.8 Å². The smallest absolute Gasteiger partial charge is 0.272 e. The molecule has 0 aliphatic carbocycles. The zero-order valence-electron chi connectivity index (χ0n) is 11.7. The Morgan fingerprint density at radius 1 is 1.26 bits per heavy atom. The third-order valence-corrected chi connectivity index (χ3v) is 3.15. The summed E-state index contributed by atoms with van der Waals surface area (Å²) in [6.45, 7) is 6.23. The van der Waals surface area contributed by atoms with E-state index in [0.29, 0.717) is 12.1 Å². The van der Waals surface area contributed by atoms with Gasteiger partial charge in [-0.2, -0.15) is 0 Å². The molecule has 0 unspecified atom stereocenters. The molecule has 0 radical (unpaired) electrons. The maximum absolute atomic E-state index is 11.2. The quantitative estimate of drug-likeness (QED) is 0.328. The highest BCUT2D eigenvalue weighted by Crippen LogP contribution is 2.28. The fourth-order valence-electron chi connectivity index (χ4n) is 2.05. The number of unbranched alkanes of at least 4 members (excludes halogenated alkanes) is 2. The van der Waals surface area contributed by atoms with Crippen molar-refractivity contribution in [1.82, 2.24) is 0 Å². The summed E-state index contributed by atoms with van der Waals surface area (Å²) in [5.41, 5.74) is 2.18. The summed E-state index contributed by atoms with van der Waals surface area (Å²) in [5, 5.41) is 10.9. The highest BCUT2D eigenvalue weighted by atomic mass is 16.6. The Labute approximate surface area is 113 Å². The second-order valence-electron chi connectivity index (χ2n) is 4.69. The molecule has 0 fully saturated rings. The van der Waals surface area contributed by atoms with E-state index in [1.165, 1.54) is 6.07 Å². The van der Waals surface area contributed by atoms with E-state index in [4.69, 9.17) is 0 Å². The van der Waals surface area contributed by atoms with Gasteiger partial charge in [0.25, 0.3) is 5.69 Å². The average molecular weight is 264 g/mol. The fourth-order valence-corrected chi connectivity index (χ4v) is 2.05. The van der Waals surface area contributed by atoms with Gasteiger partial charge in [-0.1, -0.05) is 19.8 Å². The summed E-state index contributed by atoms with van der Waals surface area (Å²) in [6.07, 6.45) is 3.88. The van der Waals surface area contributed by atoms with Crippen LogP contribution in [0, 0.1) is 24.0 Å². The monoisotopic (exact) mass is 264 g/mol. The van der Waals surface area contributed by atoms with Gasteiger partial charge in [-0.15, -0.1) is 0 Å². The summed E-state index contributed by atoms with van der Waals surface area (Å²) in [6, 6.07) is 3.24. The molecule has 0 saturated carbocycles. The molecular formula is C14H20N2O3. The van der Waals surface area contributed by atoms with Gasteiger partial charge < -0.3 is 4.90 Å². The highest BCUT2D eigenvalue weighted by Gasteiger charge is 2.16. The molecule has 0 heterocycles. The molecule has 0 bridgehead atoms. The van der Waals surface area contributed by atoms with Gasteiger partial charge in [0.1, 0.15) is 0 Å². The Bertz CT molecular complexity index is 472. The van der Waals surface area contributed by atoms with Crippen LogP contribution in [0.15, 0.2) is 12.1 Å². The lowest BCUT2D eigenvalue weighted by atomic mass is 10.1. The Morgan fingerprint density at radius 2 is 1.95 bits per heavy atom. The lowest BCUT2D eigenvalue weighted by molar-refractivity contribution is -0.385. The molecular weight excluding hydrogens is 244 g/mol. The molecule has 0 aromatic heterocycles. The summed E-state index contributed by atoms with van der Waals surface area (Å²) in [4.78, 5) is 23.3. The largest absolute Gasteiger partial charge is 0.315 e. The van der Waals surface area contributed by atoms with Gasteiger partial charge in [0.2, 0.25) is 6.41 Å². The zero-order valence-corrected chi connectivity index (χ0v) is 11.7. The number of nitrogens with zero attached hydrogens (tertiary/aromatic N) is 2. The van der Waals surface area contributed by atoms with Crippen molar-refractivity contribution in [1.29, 1.82) is 0 Å². The summed E-state index contributed by atoms with van der Waals surface area (Å²) >= 11 is 0. The summed E-state index contributed by atoms with van der Waals surface area (Å²) in [5.74, 6) is 0. The standard InChI is InChI=1S/C14H20N2O3/c1-4-5-6-7-15(10-17)13-8-12(3)14(16(18)19)9-11(13)2/h8-10H,4-7H2,1-3H3. The molecule has 0 atom stereocenters. The number of aryl methyl sites for hydroxylation is 2. The highest BCUT2D eigenvalue weighted by molar-refractivity contribution is 5.78. The van der Waals surface area contributed by atoms with E-state index in [-0.39, 0.29) is 5.69 Å². The van der Waals surface area contributed by atoms with Crippen LogP contribution in [0.5, 0.6) is 0 Å². The number of rotatable bonds is 7. The van der Waals surface area contributed by atoms with Crippen molar-refractivity contribution in [3.63, 3.8) is 0 Å². The van der Waals surface area contributed by atoms with Gasteiger partial charge in [-0.3, -0.25) is 14.9 Å². The van der Waals surface area contributed by atoms with Gasteiger partial charge in [0, 0.05) is 23.9 Å². The summed E-state index contributed by atoms with van der Waals surface area (Å²) in [7, 11) is 0. The Balaban J connectivity index is 3.01. The Morgan fingerprint density at radius 3 is 2.47 bits per heavy atom. The number of anilines is 1. The zero-order chi connectivity index (χ0) is 14.4. The first kappa shape index (κ1) is 15.1. The normalized spacial score (nSPS) is 10.3. The second-order valence-corrected chi connectivity index (χ2v) is 4.69. The minimum Gasteiger partial charge on any atom is -0.315 e. The Kier molecular flexibility index (Phi) is 5.48. The molecule has 0 aliphatic rings. The SMILES string of the molecule is CCCCCN(C=O)c1cc(C)c([N+](=O)[O-])cc1C. The molecule has 1 aromatic rings. The van der Waals surface area contributed by atoms with Crippen LogP contribution >= 0.6 is 0 Å². The minimum absolute atomic E-state index is 0.0978. The van der Waals surface area contributed by atoms with Crippen LogP contribution in [0.2, 0.25) is 0 Å². The van der Waals surface area contributed by atoms with Crippen LogP contribution in [0.1, 0.15) is 37.3 Å². The lowest BCUT2D eigenvalue weighted by Gasteiger charge is -2.20. The molecule has 1 rings (SSSR count). The van der Waals surface area contributed by atoms with E-state index in [0.717, 1.165) is 36.9 Å². The van der Waals surface area contributed by atoms with Crippen LogP contribution in [0.25, 0.3) is 0 Å². The van der Waals surface area contributed by atoms with E-state index >= 15 is 0 Å². The maximum atomic E-state index is 11.2. The van der Waals surface area contributed by atoms with Gasteiger partial charge in [0.15, 0.2) is 0 Å². The third kappa shape index (κ3) is 3.77. The number of nitro groups is 1. The van der Waals surface area contributed by atoms with Gasteiger partial charge in [-0.05, 0) is 31.9 Å². The van der Waals surface area contributed by atoms with Crippen LogP contribution < -0.4 is 4.90 Å². The molecule has 0 saturated heterocycles. The minimum atomic E-state index is -0.394. The number of benzene rings is 1. The molecule has 0 aliphatic heterocycles. The molecule has 0 spiro atoms. The molecule has 5 heteroatoms. The van der Waals surface area contributed by atoms with E-state index < -0.39 is 4.92 Å². The number of hydrogen-bond acceptors (Lipinski definition) is 3. The predicted octanol–water partition coefficient (Wildman–Crippen LogP) is 3.36. The van der Waals surface area contributed by atoms with Crippen molar-refractivity contribution in [2.24, 2.45) is 0 Å². The van der Waals surface area contributed by atoms with Crippen molar-refractivity contribution in [3.05, 3.63) is 33.4 Å².